The standard InChI is InChI=1S/C15H12Cl3NO2/c1-9-6-10(16)3-5-14(9)21-8-15(20)19-13-7-11(17)2-4-12(13)18/h2-7H,8H2,1H3,(H,19,20). The van der Waals surface area contributed by atoms with E-state index in [1.54, 1.807) is 36.4 Å². The van der Waals surface area contributed by atoms with Crippen molar-refractivity contribution in [1.82, 2.24) is 0 Å². The molecule has 21 heavy (non-hydrogen) atoms. The fourth-order valence-corrected chi connectivity index (χ4v) is 2.26. The van der Waals surface area contributed by atoms with Crippen LogP contribution in [0.15, 0.2) is 36.4 Å². The fourth-order valence-electron chi connectivity index (χ4n) is 1.70. The van der Waals surface area contributed by atoms with Gasteiger partial charge in [0.1, 0.15) is 5.75 Å². The zero-order valence-electron chi connectivity index (χ0n) is 11.1. The number of anilines is 1. The highest BCUT2D eigenvalue weighted by Crippen LogP contribution is 2.25. The molecule has 0 saturated heterocycles. The first kappa shape index (κ1) is 16.0. The second kappa shape index (κ2) is 7.03. The van der Waals surface area contributed by atoms with E-state index in [1.807, 2.05) is 6.92 Å². The summed E-state index contributed by atoms with van der Waals surface area (Å²) in [5.41, 5.74) is 1.31. The molecule has 0 fully saturated rings. The van der Waals surface area contributed by atoms with Crippen molar-refractivity contribution >= 4 is 46.4 Å². The first-order valence-electron chi connectivity index (χ1n) is 6.09. The van der Waals surface area contributed by atoms with Crippen LogP contribution in [0.5, 0.6) is 5.75 Å². The third-order valence-electron chi connectivity index (χ3n) is 2.70. The molecular weight excluding hydrogens is 333 g/mol. The highest BCUT2D eigenvalue weighted by Gasteiger charge is 2.08. The summed E-state index contributed by atoms with van der Waals surface area (Å²) in [6.45, 7) is 1.72. The smallest absolute Gasteiger partial charge is 0.262 e. The van der Waals surface area contributed by atoms with Gasteiger partial charge < -0.3 is 10.1 Å². The van der Waals surface area contributed by atoms with Gasteiger partial charge in [0.2, 0.25) is 0 Å². The quantitative estimate of drug-likeness (QED) is 0.850. The van der Waals surface area contributed by atoms with E-state index in [0.29, 0.717) is 26.5 Å². The van der Waals surface area contributed by atoms with Gasteiger partial charge in [-0.25, -0.2) is 0 Å². The van der Waals surface area contributed by atoms with Crippen molar-refractivity contribution in [2.45, 2.75) is 6.92 Å². The number of hydrogen-bond acceptors (Lipinski definition) is 2. The van der Waals surface area contributed by atoms with Crippen LogP contribution in [0.4, 0.5) is 5.69 Å². The number of carbonyl (C=O) groups is 1. The Morgan fingerprint density at radius 3 is 2.48 bits per heavy atom. The summed E-state index contributed by atoms with van der Waals surface area (Å²) >= 11 is 17.7. The van der Waals surface area contributed by atoms with Crippen LogP contribution in [0.25, 0.3) is 0 Å². The van der Waals surface area contributed by atoms with Gasteiger partial charge in [0.05, 0.1) is 10.7 Å². The molecule has 2 aromatic rings. The van der Waals surface area contributed by atoms with E-state index in [1.165, 1.54) is 0 Å². The zero-order valence-corrected chi connectivity index (χ0v) is 13.4. The number of hydrogen-bond donors (Lipinski definition) is 1. The summed E-state index contributed by atoms with van der Waals surface area (Å²) in [6, 6.07) is 10.0. The topological polar surface area (TPSA) is 38.3 Å². The van der Waals surface area contributed by atoms with Gasteiger partial charge in [-0.05, 0) is 48.9 Å². The predicted octanol–water partition coefficient (Wildman–Crippen LogP) is 4.97. The third kappa shape index (κ3) is 4.53. The number of nitrogens with one attached hydrogen (secondary N) is 1. The van der Waals surface area contributed by atoms with Gasteiger partial charge in [0, 0.05) is 10.0 Å². The van der Waals surface area contributed by atoms with E-state index in [0.717, 1.165) is 5.56 Å². The largest absolute Gasteiger partial charge is 0.483 e. The van der Waals surface area contributed by atoms with E-state index < -0.39 is 0 Å². The number of halogens is 3. The Labute approximate surface area is 137 Å². The minimum absolute atomic E-state index is 0.134. The van der Waals surface area contributed by atoms with Gasteiger partial charge in [0.15, 0.2) is 6.61 Å². The van der Waals surface area contributed by atoms with Crippen molar-refractivity contribution in [3.8, 4) is 5.75 Å². The van der Waals surface area contributed by atoms with Crippen LogP contribution in [-0.4, -0.2) is 12.5 Å². The van der Waals surface area contributed by atoms with Crippen LogP contribution in [0, 0.1) is 6.92 Å². The van der Waals surface area contributed by atoms with E-state index >= 15 is 0 Å². The minimum atomic E-state index is -0.325. The third-order valence-corrected chi connectivity index (χ3v) is 3.50. The molecule has 2 aromatic carbocycles. The van der Waals surface area contributed by atoms with Crippen molar-refractivity contribution in [3.05, 3.63) is 57.0 Å². The second-order valence-corrected chi connectivity index (χ2v) is 5.65. The normalized spacial score (nSPS) is 10.3. The number of ether oxygens (including phenoxy) is 1. The highest BCUT2D eigenvalue weighted by molar-refractivity contribution is 6.35. The lowest BCUT2D eigenvalue weighted by atomic mass is 10.2. The summed E-state index contributed by atoms with van der Waals surface area (Å²) in [7, 11) is 0. The number of aryl methyl sites for hydroxylation is 1. The molecule has 1 amide bonds. The van der Waals surface area contributed by atoms with Crippen LogP contribution in [0.3, 0.4) is 0 Å². The van der Waals surface area contributed by atoms with Crippen LogP contribution in [0.2, 0.25) is 15.1 Å². The molecule has 0 aliphatic rings. The Hall–Kier alpha value is -1.42. The second-order valence-electron chi connectivity index (χ2n) is 4.37. The van der Waals surface area contributed by atoms with Crippen molar-refractivity contribution < 1.29 is 9.53 Å². The lowest BCUT2D eigenvalue weighted by Crippen LogP contribution is -2.20. The maximum absolute atomic E-state index is 11.9. The number of benzene rings is 2. The lowest BCUT2D eigenvalue weighted by Gasteiger charge is -2.10. The lowest BCUT2D eigenvalue weighted by molar-refractivity contribution is -0.118. The van der Waals surface area contributed by atoms with Gasteiger partial charge in [-0.2, -0.15) is 0 Å². The van der Waals surface area contributed by atoms with Crippen molar-refractivity contribution in [2.24, 2.45) is 0 Å². The summed E-state index contributed by atoms with van der Waals surface area (Å²) < 4.78 is 5.45. The summed E-state index contributed by atoms with van der Waals surface area (Å²) in [6.07, 6.45) is 0. The zero-order chi connectivity index (χ0) is 15.4. The first-order chi connectivity index (χ1) is 9.95. The van der Waals surface area contributed by atoms with Gasteiger partial charge in [0.25, 0.3) is 5.91 Å². The van der Waals surface area contributed by atoms with Crippen LogP contribution in [-0.2, 0) is 4.79 Å². The minimum Gasteiger partial charge on any atom is -0.483 e. The Balaban J connectivity index is 1.97. The maximum atomic E-state index is 11.9. The van der Waals surface area contributed by atoms with Crippen LogP contribution < -0.4 is 10.1 Å². The molecule has 0 unspecified atom stereocenters. The van der Waals surface area contributed by atoms with E-state index in [4.69, 9.17) is 39.5 Å². The summed E-state index contributed by atoms with van der Waals surface area (Å²) in [5.74, 6) is 0.278. The molecule has 110 valence electrons. The maximum Gasteiger partial charge on any atom is 0.262 e. The number of rotatable bonds is 4. The summed E-state index contributed by atoms with van der Waals surface area (Å²) in [5, 5.41) is 4.17. The molecule has 0 saturated carbocycles. The Bertz CT molecular complexity index is 674. The average Bonchev–Trinajstić information content (AvgIpc) is 2.42. The van der Waals surface area contributed by atoms with Crippen LogP contribution in [0.1, 0.15) is 5.56 Å². The fraction of sp³-hybridized carbons (Fsp3) is 0.133. The summed E-state index contributed by atoms with van der Waals surface area (Å²) in [4.78, 5) is 11.9. The van der Waals surface area contributed by atoms with E-state index in [9.17, 15) is 4.79 Å². The molecule has 0 heterocycles. The number of amides is 1. The highest BCUT2D eigenvalue weighted by atomic mass is 35.5. The van der Waals surface area contributed by atoms with Gasteiger partial charge in [-0.15, -0.1) is 0 Å². The average molecular weight is 345 g/mol. The molecule has 1 N–H and O–H groups in total. The van der Waals surface area contributed by atoms with E-state index in [2.05, 4.69) is 5.32 Å². The molecule has 6 heteroatoms. The monoisotopic (exact) mass is 343 g/mol. The molecule has 0 aromatic heterocycles. The van der Waals surface area contributed by atoms with Crippen molar-refractivity contribution in [3.63, 3.8) is 0 Å². The van der Waals surface area contributed by atoms with Crippen molar-refractivity contribution in [2.75, 3.05) is 11.9 Å². The molecule has 0 bridgehead atoms. The Morgan fingerprint density at radius 1 is 1.10 bits per heavy atom. The first-order valence-corrected chi connectivity index (χ1v) is 7.23. The molecule has 2 rings (SSSR count). The molecule has 0 atom stereocenters. The Kier molecular flexibility index (Phi) is 5.34. The number of carbonyl (C=O) groups excluding carboxylic acids is 1. The van der Waals surface area contributed by atoms with Gasteiger partial charge in [-0.1, -0.05) is 34.8 Å². The molecule has 0 aliphatic heterocycles. The van der Waals surface area contributed by atoms with Crippen LogP contribution >= 0.6 is 34.8 Å². The molecular formula is C15H12Cl3NO2. The molecule has 3 nitrogen and oxygen atoms in total. The SMILES string of the molecule is Cc1cc(Cl)ccc1OCC(=O)Nc1cc(Cl)ccc1Cl. The van der Waals surface area contributed by atoms with Gasteiger partial charge in [-0.3, -0.25) is 4.79 Å². The Morgan fingerprint density at radius 2 is 1.76 bits per heavy atom. The van der Waals surface area contributed by atoms with E-state index in [-0.39, 0.29) is 12.5 Å². The van der Waals surface area contributed by atoms with Gasteiger partial charge >= 0.3 is 0 Å². The predicted molar refractivity (Wildman–Crippen MR) is 86.8 cm³/mol. The molecule has 0 spiro atoms. The molecule has 0 radical (unpaired) electrons. The molecule has 0 aliphatic carbocycles. The van der Waals surface area contributed by atoms with Crippen molar-refractivity contribution in [1.29, 1.82) is 0 Å².